The van der Waals surface area contributed by atoms with Gasteiger partial charge in [0.05, 0.1) is 27.7 Å². The number of carbonyl (C=O) groups excluding carboxylic acids is 1. The SMILES string of the molecule is Cc1nn(Cc2ccc(S(=O)(=O)N(C)C(=O)OC(C)(C)C)cc2)c(C)c1-c1ccc(C#N)c(Cl)c1. The molecular weight excluding hydrogens is 488 g/mol. The van der Waals surface area contributed by atoms with E-state index >= 15 is 0 Å². The van der Waals surface area contributed by atoms with E-state index in [4.69, 9.17) is 21.6 Å². The molecule has 8 nitrogen and oxygen atoms in total. The molecule has 3 aromatic rings. The largest absolute Gasteiger partial charge is 0.443 e. The number of ether oxygens (including phenoxy) is 1. The van der Waals surface area contributed by atoms with Gasteiger partial charge in [0.15, 0.2) is 0 Å². The third-order valence-electron chi connectivity index (χ3n) is 5.32. The van der Waals surface area contributed by atoms with Crippen LogP contribution >= 0.6 is 11.6 Å². The van der Waals surface area contributed by atoms with Crippen LogP contribution in [0.2, 0.25) is 5.02 Å². The van der Waals surface area contributed by atoms with E-state index < -0.39 is 21.7 Å². The van der Waals surface area contributed by atoms with E-state index in [-0.39, 0.29) is 4.90 Å². The maximum absolute atomic E-state index is 12.8. The monoisotopic (exact) mass is 514 g/mol. The Hall–Kier alpha value is -3.35. The van der Waals surface area contributed by atoms with Crippen molar-refractivity contribution >= 4 is 27.7 Å². The maximum Gasteiger partial charge on any atom is 0.424 e. The van der Waals surface area contributed by atoms with Crippen LogP contribution in [0.4, 0.5) is 4.79 Å². The lowest BCUT2D eigenvalue weighted by Gasteiger charge is -2.24. The van der Waals surface area contributed by atoms with Gasteiger partial charge >= 0.3 is 6.09 Å². The summed E-state index contributed by atoms with van der Waals surface area (Å²) in [5.74, 6) is 0. The predicted molar refractivity (Wildman–Crippen MR) is 134 cm³/mol. The zero-order valence-electron chi connectivity index (χ0n) is 20.5. The quantitative estimate of drug-likeness (QED) is 0.457. The van der Waals surface area contributed by atoms with Crippen LogP contribution in [0.15, 0.2) is 47.4 Å². The van der Waals surface area contributed by atoms with Gasteiger partial charge in [0.1, 0.15) is 11.7 Å². The molecule has 2 aromatic carbocycles. The number of hydrogen-bond acceptors (Lipinski definition) is 6. The van der Waals surface area contributed by atoms with Gasteiger partial charge in [-0.15, -0.1) is 0 Å². The zero-order valence-corrected chi connectivity index (χ0v) is 22.0. The van der Waals surface area contributed by atoms with Crippen LogP contribution in [0.5, 0.6) is 0 Å². The molecule has 0 unspecified atom stereocenters. The second-order valence-electron chi connectivity index (χ2n) is 9.11. The molecule has 0 atom stereocenters. The molecule has 10 heteroatoms. The molecule has 0 spiro atoms. The van der Waals surface area contributed by atoms with E-state index in [1.54, 1.807) is 45.0 Å². The van der Waals surface area contributed by atoms with Crippen LogP contribution in [0, 0.1) is 25.2 Å². The molecule has 0 bridgehead atoms. The summed E-state index contributed by atoms with van der Waals surface area (Å²) >= 11 is 6.21. The molecule has 35 heavy (non-hydrogen) atoms. The van der Waals surface area contributed by atoms with Gasteiger partial charge in [0, 0.05) is 18.3 Å². The Balaban J connectivity index is 1.83. The molecule has 0 aliphatic carbocycles. The standard InChI is InChI=1S/C25H27ClN4O4S/c1-16-23(19-9-10-20(14-27)22(26)13-19)17(2)30(28-16)15-18-7-11-21(12-8-18)35(32,33)29(6)24(31)34-25(3,4)5/h7-13H,15H2,1-6H3. The first-order valence-electron chi connectivity index (χ1n) is 10.8. The van der Waals surface area contributed by atoms with Crippen molar-refractivity contribution in [3.63, 3.8) is 0 Å². The Morgan fingerprint density at radius 1 is 1.17 bits per heavy atom. The Labute approximate surface area is 210 Å². The number of nitriles is 1. The van der Waals surface area contributed by atoms with Crippen LogP contribution in [0.3, 0.4) is 0 Å². The first-order chi connectivity index (χ1) is 16.2. The van der Waals surface area contributed by atoms with E-state index in [1.165, 1.54) is 19.2 Å². The van der Waals surface area contributed by atoms with Crippen molar-refractivity contribution in [3.05, 3.63) is 70.0 Å². The average molecular weight is 515 g/mol. The Morgan fingerprint density at radius 3 is 2.34 bits per heavy atom. The number of nitrogens with zero attached hydrogens (tertiary/aromatic N) is 4. The smallest absolute Gasteiger partial charge is 0.424 e. The normalized spacial score (nSPS) is 11.7. The van der Waals surface area contributed by atoms with Crippen LogP contribution in [-0.4, -0.2) is 41.2 Å². The molecule has 0 aliphatic heterocycles. The second kappa shape index (κ2) is 9.72. The Bertz CT molecular complexity index is 1420. The van der Waals surface area contributed by atoms with Crippen LogP contribution in [0.25, 0.3) is 11.1 Å². The number of carbonyl (C=O) groups is 1. The predicted octanol–water partition coefficient (Wildman–Crippen LogP) is 5.30. The lowest BCUT2D eigenvalue weighted by Crippen LogP contribution is -2.38. The number of benzene rings is 2. The van der Waals surface area contributed by atoms with Crippen molar-refractivity contribution in [2.45, 2.75) is 51.7 Å². The molecule has 184 valence electrons. The molecule has 0 aliphatic rings. The molecule has 0 saturated carbocycles. The van der Waals surface area contributed by atoms with Crippen molar-refractivity contribution in [2.75, 3.05) is 7.05 Å². The number of amides is 1. The molecular formula is C25H27ClN4O4S. The van der Waals surface area contributed by atoms with Gasteiger partial charge in [-0.05, 0) is 70.0 Å². The Morgan fingerprint density at radius 2 is 1.80 bits per heavy atom. The highest BCUT2D eigenvalue weighted by Gasteiger charge is 2.29. The lowest BCUT2D eigenvalue weighted by molar-refractivity contribution is 0.0420. The number of rotatable bonds is 5. The topological polar surface area (TPSA) is 105 Å². The van der Waals surface area contributed by atoms with Crippen molar-refractivity contribution in [1.29, 1.82) is 5.26 Å². The molecule has 0 fully saturated rings. The molecule has 0 saturated heterocycles. The van der Waals surface area contributed by atoms with Gasteiger partial charge in [-0.1, -0.05) is 29.8 Å². The zero-order chi connectivity index (χ0) is 26.1. The summed E-state index contributed by atoms with van der Waals surface area (Å²) in [6.07, 6.45) is -0.945. The van der Waals surface area contributed by atoms with Crippen molar-refractivity contribution in [1.82, 2.24) is 14.1 Å². The number of hydrogen-bond donors (Lipinski definition) is 0. The minimum Gasteiger partial charge on any atom is -0.443 e. The number of halogens is 1. The number of aryl methyl sites for hydroxylation is 1. The van der Waals surface area contributed by atoms with Gasteiger partial charge in [-0.3, -0.25) is 4.68 Å². The highest BCUT2D eigenvalue weighted by atomic mass is 35.5. The average Bonchev–Trinajstić information content (AvgIpc) is 3.05. The van der Waals surface area contributed by atoms with Gasteiger partial charge in [0.2, 0.25) is 0 Å². The summed E-state index contributed by atoms with van der Waals surface area (Å²) in [6.45, 7) is 9.25. The van der Waals surface area contributed by atoms with Gasteiger partial charge < -0.3 is 4.74 Å². The number of aromatic nitrogens is 2. The summed E-state index contributed by atoms with van der Waals surface area (Å²) in [5, 5.41) is 14.1. The highest BCUT2D eigenvalue weighted by molar-refractivity contribution is 7.89. The third-order valence-corrected chi connectivity index (χ3v) is 7.38. The second-order valence-corrected chi connectivity index (χ2v) is 11.5. The van der Waals surface area contributed by atoms with E-state index in [0.717, 1.165) is 28.1 Å². The highest BCUT2D eigenvalue weighted by Crippen LogP contribution is 2.31. The fourth-order valence-electron chi connectivity index (χ4n) is 3.55. The summed E-state index contributed by atoms with van der Waals surface area (Å²) in [7, 11) is -2.89. The van der Waals surface area contributed by atoms with E-state index in [2.05, 4.69) is 11.2 Å². The summed E-state index contributed by atoms with van der Waals surface area (Å²) < 4.78 is 33.3. The molecule has 1 amide bonds. The fourth-order valence-corrected chi connectivity index (χ4v) is 4.80. The van der Waals surface area contributed by atoms with E-state index in [1.807, 2.05) is 24.6 Å². The summed E-state index contributed by atoms with van der Waals surface area (Å²) in [4.78, 5) is 12.2. The minimum absolute atomic E-state index is 0.0177. The number of sulfonamides is 1. The van der Waals surface area contributed by atoms with Crippen LogP contribution < -0.4 is 0 Å². The Kier molecular flexibility index (Phi) is 7.29. The molecule has 1 aromatic heterocycles. The minimum atomic E-state index is -4.06. The first kappa shape index (κ1) is 26.3. The van der Waals surface area contributed by atoms with Crippen LogP contribution in [-0.2, 0) is 21.3 Å². The molecule has 0 radical (unpaired) electrons. The molecule has 0 N–H and O–H groups in total. The fraction of sp³-hybridized carbons (Fsp3) is 0.320. The summed E-state index contributed by atoms with van der Waals surface area (Å²) in [5.41, 5.74) is 3.93. The third kappa shape index (κ3) is 5.66. The van der Waals surface area contributed by atoms with Crippen molar-refractivity contribution in [3.8, 4) is 17.2 Å². The van der Waals surface area contributed by atoms with Gasteiger partial charge in [-0.2, -0.15) is 10.4 Å². The first-order valence-corrected chi connectivity index (χ1v) is 12.6. The molecule has 1 heterocycles. The lowest BCUT2D eigenvalue weighted by atomic mass is 10.0. The molecule has 3 rings (SSSR count). The van der Waals surface area contributed by atoms with Crippen molar-refractivity contribution in [2.24, 2.45) is 0 Å². The van der Waals surface area contributed by atoms with Gasteiger partial charge in [-0.25, -0.2) is 17.5 Å². The summed E-state index contributed by atoms with van der Waals surface area (Å²) in [6, 6.07) is 13.6. The van der Waals surface area contributed by atoms with Crippen molar-refractivity contribution < 1.29 is 17.9 Å². The van der Waals surface area contributed by atoms with E-state index in [0.29, 0.717) is 21.4 Å². The van der Waals surface area contributed by atoms with E-state index in [9.17, 15) is 13.2 Å². The van der Waals surface area contributed by atoms with Gasteiger partial charge in [0.25, 0.3) is 10.0 Å². The van der Waals surface area contributed by atoms with Crippen LogP contribution in [0.1, 0.15) is 43.3 Å². The maximum atomic E-state index is 12.8.